The van der Waals surface area contributed by atoms with Gasteiger partial charge >= 0.3 is 0 Å². The summed E-state index contributed by atoms with van der Waals surface area (Å²) in [5.41, 5.74) is 1.07. The van der Waals surface area contributed by atoms with Gasteiger partial charge in [0.2, 0.25) is 5.91 Å². The van der Waals surface area contributed by atoms with E-state index in [1.54, 1.807) is 24.4 Å². The van der Waals surface area contributed by atoms with Crippen molar-refractivity contribution in [2.75, 3.05) is 6.54 Å². The number of nitriles is 1. The molecule has 0 aromatic carbocycles. The summed E-state index contributed by atoms with van der Waals surface area (Å²) in [5.74, 6) is -0.0871. The number of aromatic nitrogens is 1. The van der Waals surface area contributed by atoms with Gasteiger partial charge in [0.05, 0.1) is 17.5 Å². The number of likely N-dealkylation sites (tertiary alicyclic amines) is 1. The van der Waals surface area contributed by atoms with Crippen molar-refractivity contribution in [2.24, 2.45) is 0 Å². The Morgan fingerprint density at radius 2 is 2.40 bits per heavy atom. The van der Waals surface area contributed by atoms with Gasteiger partial charge in [0.1, 0.15) is 0 Å². The Morgan fingerprint density at radius 1 is 1.60 bits per heavy atom. The van der Waals surface area contributed by atoms with E-state index in [0.29, 0.717) is 24.4 Å². The lowest BCUT2D eigenvalue weighted by atomic mass is 10.2. The summed E-state index contributed by atoms with van der Waals surface area (Å²) in [4.78, 5) is 28.9. The smallest absolute Gasteiger partial charge is 0.228 e. The van der Waals surface area contributed by atoms with Crippen molar-refractivity contribution in [1.82, 2.24) is 9.88 Å². The van der Waals surface area contributed by atoms with E-state index in [9.17, 15) is 9.59 Å². The number of rotatable bonds is 3. The number of nitrogens with zero attached hydrogens (tertiary/aromatic N) is 3. The predicted octanol–water partition coefficient (Wildman–Crippen LogP) is 1.83. The highest BCUT2D eigenvalue weighted by atomic mass is 32.2. The molecular weight excluding hydrogens is 274 g/mol. The van der Waals surface area contributed by atoms with E-state index in [1.807, 2.05) is 6.07 Å². The molecule has 2 rings (SSSR count). The van der Waals surface area contributed by atoms with Crippen LogP contribution >= 0.6 is 11.8 Å². The molecule has 102 valence electrons. The van der Waals surface area contributed by atoms with E-state index >= 15 is 0 Å². The molecule has 0 radical (unpaired) electrons. The molecule has 2 heterocycles. The van der Waals surface area contributed by atoms with Crippen molar-refractivity contribution in [3.8, 4) is 6.07 Å². The Hall–Kier alpha value is -2.13. The van der Waals surface area contributed by atoms with Crippen LogP contribution in [-0.2, 0) is 9.59 Å². The lowest BCUT2D eigenvalue weighted by Crippen LogP contribution is -2.24. The van der Waals surface area contributed by atoms with Gasteiger partial charge in [-0.3, -0.25) is 14.6 Å². The zero-order chi connectivity index (χ0) is 14.5. The van der Waals surface area contributed by atoms with E-state index in [2.05, 4.69) is 4.98 Å². The van der Waals surface area contributed by atoms with Crippen LogP contribution in [0.15, 0.2) is 30.5 Å². The van der Waals surface area contributed by atoms with Crippen molar-refractivity contribution in [3.05, 3.63) is 36.2 Å². The van der Waals surface area contributed by atoms with Gasteiger partial charge in [-0.2, -0.15) is 5.26 Å². The maximum atomic E-state index is 12.1. The average molecular weight is 287 g/mol. The van der Waals surface area contributed by atoms with Gasteiger partial charge in [0.25, 0.3) is 0 Å². The van der Waals surface area contributed by atoms with Gasteiger partial charge in [-0.15, -0.1) is 0 Å². The van der Waals surface area contributed by atoms with Crippen LogP contribution in [0.25, 0.3) is 5.70 Å². The summed E-state index contributed by atoms with van der Waals surface area (Å²) in [6, 6.07) is 7.27. The fraction of sp³-hybridized carbons (Fsp3) is 0.286. The lowest BCUT2D eigenvalue weighted by Gasteiger charge is -2.18. The number of thioether (sulfide) groups is 1. The molecule has 0 saturated carbocycles. The fourth-order valence-electron chi connectivity index (χ4n) is 2.09. The van der Waals surface area contributed by atoms with E-state index < -0.39 is 0 Å². The first-order valence-electron chi connectivity index (χ1n) is 6.10. The highest BCUT2D eigenvalue weighted by molar-refractivity contribution is 8.14. The monoisotopic (exact) mass is 287 g/mol. The van der Waals surface area contributed by atoms with Gasteiger partial charge in [-0.05, 0) is 12.1 Å². The van der Waals surface area contributed by atoms with Gasteiger partial charge in [0, 0.05) is 37.4 Å². The van der Waals surface area contributed by atoms with Crippen LogP contribution in [-0.4, -0.2) is 32.7 Å². The lowest BCUT2D eigenvalue weighted by molar-refractivity contribution is -0.124. The Bertz CT molecular complexity index is 592. The maximum absolute atomic E-state index is 12.1. The minimum atomic E-state index is -0.0871. The summed E-state index contributed by atoms with van der Waals surface area (Å²) in [7, 11) is 0. The van der Waals surface area contributed by atoms with Gasteiger partial charge < -0.3 is 4.90 Å². The molecule has 5 nitrogen and oxygen atoms in total. The Kier molecular flexibility index (Phi) is 4.53. The van der Waals surface area contributed by atoms with E-state index in [-0.39, 0.29) is 16.3 Å². The van der Waals surface area contributed by atoms with E-state index in [1.165, 1.54) is 29.7 Å². The molecule has 1 unspecified atom stereocenters. The SMILES string of the molecule is CC(=O)SC1CC(=O)N(C(=CC#N)c2ccccn2)C1. The average Bonchev–Trinajstić information content (AvgIpc) is 2.76. The fourth-order valence-corrected chi connectivity index (χ4v) is 3.01. The van der Waals surface area contributed by atoms with E-state index in [4.69, 9.17) is 5.26 Å². The molecule has 1 amide bonds. The highest BCUT2D eigenvalue weighted by Crippen LogP contribution is 2.29. The third-order valence-electron chi connectivity index (χ3n) is 2.84. The van der Waals surface area contributed by atoms with Crippen LogP contribution < -0.4 is 0 Å². The molecule has 1 aromatic rings. The molecule has 0 spiro atoms. The molecule has 1 aromatic heterocycles. The summed E-state index contributed by atoms with van der Waals surface area (Å²) < 4.78 is 0. The van der Waals surface area contributed by atoms with Crippen LogP contribution in [0.2, 0.25) is 0 Å². The molecule has 0 aliphatic carbocycles. The Balaban J connectivity index is 2.24. The second kappa shape index (κ2) is 6.35. The second-order valence-electron chi connectivity index (χ2n) is 4.31. The van der Waals surface area contributed by atoms with Gasteiger partial charge in [-0.1, -0.05) is 17.8 Å². The maximum Gasteiger partial charge on any atom is 0.228 e. The van der Waals surface area contributed by atoms with Crippen molar-refractivity contribution in [2.45, 2.75) is 18.6 Å². The summed E-state index contributed by atoms with van der Waals surface area (Å²) in [6.07, 6.45) is 3.24. The molecule has 1 fully saturated rings. The zero-order valence-corrected chi connectivity index (χ0v) is 11.8. The van der Waals surface area contributed by atoms with Crippen molar-refractivity contribution < 1.29 is 9.59 Å². The predicted molar refractivity (Wildman–Crippen MR) is 76.2 cm³/mol. The first-order chi connectivity index (χ1) is 9.61. The number of hydrogen-bond donors (Lipinski definition) is 0. The van der Waals surface area contributed by atoms with Gasteiger partial charge in [0.15, 0.2) is 5.12 Å². The molecule has 1 aliphatic heterocycles. The molecule has 1 aliphatic rings. The third kappa shape index (κ3) is 3.25. The van der Waals surface area contributed by atoms with Crippen molar-refractivity contribution in [3.63, 3.8) is 0 Å². The molecule has 20 heavy (non-hydrogen) atoms. The van der Waals surface area contributed by atoms with Crippen molar-refractivity contribution >= 4 is 28.5 Å². The summed E-state index contributed by atoms with van der Waals surface area (Å²) in [5, 5.41) is 8.83. The summed E-state index contributed by atoms with van der Waals surface area (Å²) in [6.45, 7) is 1.91. The Morgan fingerprint density at radius 3 is 3.00 bits per heavy atom. The number of carbonyl (C=O) groups excluding carboxylic acids is 2. The number of pyridine rings is 1. The van der Waals surface area contributed by atoms with Crippen LogP contribution in [0.5, 0.6) is 0 Å². The molecule has 0 N–H and O–H groups in total. The minimum Gasteiger partial charge on any atom is -0.309 e. The van der Waals surface area contributed by atoms with E-state index in [0.717, 1.165) is 0 Å². The highest BCUT2D eigenvalue weighted by Gasteiger charge is 2.33. The zero-order valence-electron chi connectivity index (χ0n) is 10.9. The van der Waals surface area contributed by atoms with Crippen LogP contribution in [0.3, 0.4) is 0 Å². The van der Waals surface area contributed by atoms with Crippen LogP contribution in [0, 0.1) is 11.3 Å². The topological polar surface area (TPSA) is 74.1 Å². The first-order valence-corrected chi connectivity index (χ1v) is 6.98. The molecular formula is C14H13N3O2S. The normalized spacial score (nSPS) is 19.0. The third-order valence-corrected chi connectivity index (χ3v) is 3.82. The first kappa shape index (κ1) is 14.3. The minimum absolute atomic E-state index is 0.00620. The number of amides is 1. The summed E-state index contributed by atoms with van der Waals surface area (Å²) >= 11 is 1.17. The number of hydrogen-bond acceptors (Lipinski definition) is 5. The standard InChI is InChI=1S/C14H13N3O2S/c1-10(18)20-11-8-14(19)17(9-11)13(5-6-15)12-4-2-3-7-16-12/h2-5,7,11H,8-9H2,1H3. The molecule has 0 bridgehead atoms. The quantitative estimate of drug-likeness (QED) is 0.793. The number of carbonyl (C=O) groups is 2. The molecule has 1 atom stereocenters. The molecule has 1 saturated heterocycles. The molecule has 6 heteroatoms. The van der Waals surface area contributed by atoms with Crippen molar-refractivity contribution in [1.29, 1.82) is 5.26 Å². The second-order valence-corrected chi connectivity index (χ2v) is 5.79. The van der Waals surface area contributed by atoms with Crippen LogP contribution in [0.4, 0.5) is 0 Å². The van der Waals surface area contributed by atoms with Gasteiger partial charge in [-0.25, -0.2) is 0 Å². The largest absolute Gasteiger partial charge is 0.309 e. The van der Waals surface area contributed by atoms with Crippen LogP contribution in [0.1, 0.15) is 19.0 Å². The Labute approximate surface area is 121 Å². The number of allylic oxidation sites excluding steroid dienone is 1.